The van der Waals surface area contributed by atoms with E-state index in [0.717, 1.165) is 12.8 Å². The van der Waals surface area contributed by atoms with Gasteiger partial charge in [-0.3, -0.25) is 0 Å². The van der Waals surface area contributed by atoms with Crippen LogP contribution in [0.15, 0.2) is 69.4 Å². The maximum absolute atomic E-state index is 6.58. The number of hydrogen-bond donors (Lipinski definition) is 0. The van der Waals surface area contributed by atoms with Gasteiger partial charge in [-0.15, -0.1) is 0 Å². The van der Waals surface area contributed by atoms with Gasteiger partial charge >= 0.3 is 0 Å². The fraction of sp³-hybridized carbons (Fsp3) is 0.391. The number of rotatable bonds is 7. The van der Waals surface area contributed by atoms with E-state index in [9.17, 15) is 0 Å². The van der Waals surface area contributed by atoms with Crippen molar-refractivity contribution < 1.29 is 9.47 Å². The molecule has 0 N–H and O–H groups in total. The number of ether oxygens (including phenoxy) is 2. The van der Waals surface area contributed by atoms with Crippen LogP contribution in [0.5, 0.6) is 0 Å². The highest BCUT2D eigenvalue weighted by molar-refractivity contribution is 14.1. The molecule has 0 saturated carbocycles. The SMILES string of the molecule is C[Si](C)(C)C1=C(I)C[C@H](COCc2ccccc2)O[C@@H]1Cc1ccccc1. The second-order valence-corrected chi connectivity index (χ2v) is 14.6. The van der Waals surface area contributed by atoms with Gasteiger partial charge in [0.25, 0.3) is 0 Å². The molecule has 2 aromatic carbocycles. The predicted octanol–water partition coefficient (Wildman–Crippen LogP) is 6.17. The fourth-order valence-corrected chi connectivity index (χ4v) is 9.00. The second kappa shape index (κ2) is 9.50. The lowest BCUT2D eigenvalue weighted by atomic mass is 10.0. The molecule has 0 amide bonds. The summed E-state index contributed by atoms with van der Waals surface area (Å²) in [5, 5.41) is 1.58. The Labute approximate surface area is 178 Å². The smallest absolute Gasteiger partial charge is 0.0861 e. The summed E-state index contributed by atoms with van der Waals surface area (Å²) in [6.45, 7) is 8.56. The predicted molar refractivity (Wildman–Crippen MR) is 124 cm³/mol. The summed E-state index contributed by atoms with van der Waals surface area (Å²) in [7, 11) is -1.44. The van der Waals surface area contributed by atoms with E-state index in [1.807, 2.05) is 6.07 Å². The van der Waals surface area contributed by atoms with E-state index in [-0.39, 0.29) is 12.2 Å². The largest absolute Gasteiger partial charge is 0.374 e. The standard InChI is InChI=1S/C23H29IO2Si/c1-27(2,3)23-21(24)15-20(17-25-16-19-12-8-5-9-13-19)26-22(23)14-18-10-6-4-7-11-18/h4-13,20,22H,14-17H2,1-3H3/t20-,22-/m1/s1. The Morgan fingerprint density at radius 3 is 2.15 bits per heavy atom. The average Bonchev–Trinajstić information content (AvgIpc) is 2.62. The molecule has 1 aliphatic rings. The molecule has 0 bridgehead atoms. The van der Waals surface area contributed by atoms with Crippen LogP contribution in [-0.2, 0) is 22.5 Å². The van der Waals surface area contributed by atoms with Crippen molar-refractivity contribution >= 4 is 30.7 Å². The third kappa shape index (κ3) is 6.01. The van der Waals surface area contributed by atoms with Crippen LogP contribution in [0.25, 0.3) is 0 Å². The summed E-state index contributed by atoms with van der Waals surface area (Å²) in [5.41, 5.74) is 2.55. The molecule has 1 aliphatic heterocycles. The van der Waals surface area contributed by atoms with E-state index in [2.05, 4.69) is 96.8 Å². The summed E-state index contributed by atoms with van der Waals surface area (Å²) in [6, 6.07) is 21.1. The Kier molecular flexibility index (Phi) is 7.31. The van der Waals surface area contributed by atoms with Gasteiger partial charge in [0.1, 0.15) is 0 Å². The lowest BCUT2D eigenvalue weighted by molar-refractivity contribution is -0.0515. The van der Waals surface area contributed by atoms with Crippen LogP contribution < -0.4 is 0 Å². The average molecular weight is 492 g/mol. The Morgan fingerprint density at radius 2 is 1.56 bits per heavy atom. The molecule has 2 aromatic rings. The molecule has 0 saturated heterocycles. The number of hydrogen-bond acceptors (Lipinski definition) is 2. The van der Waals surface area contributed by atoms with E-state index in [1.54, 1.807) is 5.20 Å². The summed E-state index contributed by atoms with van der Waals surface area (Å²) in [6.07, 6.45) is 2.22. The van der Waals surface area contributed by atoms with Crippen molar-refractivity contribution in [2.45, 2.75) is 51.3 Å². The van der Waals surface area contributed by atoms with Crippen molar-refractivity contribution in [1.29, 1.82) is 0 Å². The Morgan fingerprint density at radius 1 is 0.963 bits per heavy atom. The summed E-state index contributed by atoms with van der Waals surface area (Å²) in [5.74, 6) is 0. The number of halogens is 1. The first-order valence-corrected chi connectivity index (χ1v) is 14.2. The molecule has 27 heavy (non-hydrogen) atoms. The molecule has 2 nitrogen and oxygen atoms in total. The van der Waals surface area contributed by atoms with E-state index in [0.29, 0.717) is 13.2 Å². The van der Waals surface area contributed by atoms with Gasteiger partial charge < -0.3 is 9.47 Å². The summed E-state index contributed by atoms with van der Waals surface area (Å²) < 4.78 is 14.1. The highest BCUT2D eigenvalue weighted by Crippen LogP contribution is 2.37. The summed E-state index contributed by atoms with van der Waals surface area (Å²) in [4.78, 5) is 0. The second-order valence-electron chi connectivity index (χ2n) is 8.21. The minimum Gasteiger partial charge on any atom is -0.374 e. The van der Waals surface area contributed by atoms with Crippen LogP contribution >= 0.6 is 22.6 Å². The Hall–Kier alpha value is -0.953. The maximum Gasteiger partial charge on any atom is 0.0861 e. The van der Waals surface area contributed by atoms with Crippen LogP contribution in [0.2, 0.25) is 19.6 Å². The minimum absolute atomic E-state index is 0.134. The van der Waals surface area contributed by atoms with Crippen molar-refractivity contribution in [2.24, 2.45) is 0 Å². The monoisotopic (exact) mass is 492 g/mol. The lowest BCUT2D eigenvalue weighted by Gasteiger charge is -2.38. The maximum atomic E-state index is 6.58. The summed E-state index contributed by atoms with van der Waals surface area (Å²) >= 11 is 2.56. The van der Waals surface area contributed by atoms with Crippen LogP contribution in [-0.4, -0.2) is 26.9 Å². The van der Waals surface area contributed by atoms with Gasteiger partial charge in [-0.2, -0.15) is 0 Å². The normalized spacial score (nSPS) is 20.7. The van der Waals surface area contributed by atoms with Gasteiger partial charge in [0.05, 0.1) is 33.5 Å². The van der Waals surface area contributed by atoms with Gasteiger partial charge in [0, 0.05) is 12.8 Å². The molecule has 2 atom stereocenters. The van der Waals surface area contributed by atoms with Gasteiger partial charge in [-0.05, 0) is 42.5 Å². The van der Waals surface area contributed by atoms with E-state index in [1.165, 1.54) is 14.7 Å². The minimum atomic E-state index is -1.44. The zero-order chi connectivity index (χ0) is 19.3. The third-order valence-corrected chi connectivity index (χ3v) is 8.64. The molecule has 0 aliphatic carbocycles. The van der Waals surface area contributed by atoms with Crippen molar-refractivity contribution in [3.8, 4) is 0 Å². The Bertz CT molecular complexity index is 753. The lowest BCUT2D eigenvalue weighted by Crippen LogP contribution is -2.42. The van der Waals surface area contributed by atoms with E-state index in [4.69, 9.17) is 9.47 Å². The van der Waals surface area contributed by atoms with Gasteiger partial charge in [0.15, 0.2) is 0 Å². The number of benzene rings is 2. The van der Waals surface area contributed by atoms with Crippen LogP contribution in [0.4, 0.5) is 0 Å². The van der Waals surface area contributed by atoms with Crippen molar-refractivity contribution in [3.05, 3.63) is 80.6 Å². The van der Waals surface area contributed by atoms with Gasteiger partial charge in [-0.25, -0.2) is 0 Å². The van der Waals surface area contributed by atoms with Crippen LogP contribution in [0.3, 0.4) is 0 Å². The third-order valence-electron chi connectivity index (χ3n) is 4.87. The molecule has 0 fully saturated rings. The molecule has 0 radical (unpaired) electrons. The van der Waals surface area contributed by atoms with E-state index < -0.39 is 8.07 Å². The van der Waals surface area contributed by atoms with Crippen molar-refractivity contribution in [2.75, 3.05) is 6.61 Å². The molecule has 4 heteroatoms. The molecule has 3 rings (SSSR count). The van der Waals surface area contributed by atoms with Crippen molar-refractivity contribution in [3.63, 3.8) is 0 Å². The molecule has 0 unspecified atom stereocenters. The first kappa shape index (κ1) is 20.8. The zero-order valence-electron chi connectivity index (χ0n) is 16.5. The quantitative estimate of drug-likeness (QED) is 0.340. The molecule has 0 spiro atoms. The van der Waals surface area contributed by atoms with Gasteiger partial charge in [0.2, 0.25) is 0 Å². The highest BCUT2D eigenvalue weighted by atomic mass is 127. The van der Waals surface area contributed by atoms with Crippen LogP contribution in [0, 0.1) is 0 Å². The molecular formula is C23H29IO2Si. The fourth-order valence-electron chi connectivity index (χ4n) is 3.68. The van der Waals surface area contributed by atoms with Gasteiger partial charge in [-0.1, -0.05) is 80.3 Å². The molecule has 0 aromatic heterocycles. The molecule has 144 valence electrons. The highest BCUT2D eigenvalue weighted by Gasteiger charge is 2.36. The van der Waals surface area contributed by atoms with E-state index >= 15 is 0 Å². The first-order chi connectivity index (χ1) is 12.9. The molecule has 1 heterocycles. The Balaban J connectivity index is 1.68. The molecular weight excluding hydrogens is 463 g/mol. The zero-order valence-corrected chi connectivity index (χ0v) is 19.6. The van der Waals surface area contributed by atoms with Crippen molar-refractivity contribution in [1.82, 2.24) is 0 Å². The first-order valence-electron chi connectivity index (χ1n) is 9.63. The topological polar surface area (TPSA) is 18.5 Å². The van der Waals surface area contributed by atoms with Crippen LogP contribution in [0.1, 0.15) is 17.5 Å².